The van der Waals surface area contributed by atoms with Gasteiger partial charge in [-0.3, -0.25) is 9.59 Å². The normalized spacial score (nSPS) is 15.1. The number of carbonyl (C=O) groups is 2. The molecule has 1 heterocycles. The van der Waals surface area contributed by atoms with Gasteiger partial charge in [-0.2, -0.15) is 5.10 Å². The Morgan fingerprint density at radius 3 is 2.62 bits per heavy atom. The van der Waals surface area contributed by atoms with Crippen molar-refractivity contribution >= 4 is 33.1 Å². The van der Waals surface area contributed by atoms with Crippen LogP contribution in [0.2, 0.25) is 0 Å². The van der Waals surface area contributed by atoms with Crippen LogP contribution >= 0.6 is 0 Å². The Kier molecular flexibility index (Phi) is 4.08. The van der Waals surface area contributed by atoms with Crippen molar-refractivity contribution in [1.82, 2.24) is 5.43 Å². The maximum Gasteiger partial charge on any atom is 0.271 e. The van der Waals surface area contributed by atoms with Crippen molar-refractivity contribution in [2.24, 2.45) is 5.10 Å². The van der Waals surface area contributed by atoms with Crippen molar-refractivity contribution in [2.45, 2.75) is 24.7 Å². The Balaban J connectivity index is 2.23. The minimum Gasteiger partial charge on any atom is -0.321 e. The average molecular weight is 309 g/mol. The molecule has 0 atom stereocenters. The lowest BCUT2D eigenvalue weighted by Gasteiger charge is -2.13. The number of hydrogen-bond acceptors (Lipinski definition) is 5. The molecule has 7 nitrogen and oxygen atoms in total. The van der Waals surface area contributed by atoms with Crippen molar-refractivity contribution < 1.29 is 18.0 Å². The molecule has 8 heteroatoms. The van der Waals surface area contributed by atoms with Gasteiger partial charge in [-0.15, -0.1) is 0 Å². The quantitative estimate of drug-likeness (QED) is 0.853. The molecule has 0 radical (unpaired) electrons. The number of rotatable bonds is 3. The standard InChI is InChI=1S/C13H15N3O4S/c1-8-3-4-9(21(2,19)20)7-11(8)14-13(18)10-5-6-12(17)16-15-10/h3-4,7H,5-6H2,1-2H3,(H,14,18)(H,16,17). The topological polar surface area (TPSA) is 105 Å². The van der Waals surface area contributed by atoms with Gasteiger partial charge in [0.05, 0.1) is 4.90 Å². The van der Waals surface area contributed by atoms with Crippen LogP contribution in [0, 0.1) is 6.92 Å². The highest BCUT2D eigenvalue weighted by Gasteiger charge is 2.19. The van der Waals surface area contributed by atoms with E-state index in [9.17, 15) is 18.0 Å². The summed E-state index contributed by atoms with van der Waals surface area (Å²) < 4.78 is 23.1. The Bertz CT molecular complexity index is 738. The van der Waals surface area contributed by atoms with Crippen LogP contribution in [0.4, 0.5) is 5.69 Å². The van der Waals surface area contributed by atoms with E-state index in [-0.39, 0.29) is 29.4 Å². The lowest BCUT2D eigenvalue weighted by atomic mass is 10.1. The van der Waals surface area contributed by atoms with E-state index >= 15 is 0 Å². The van der Waals surface area contributed by atoms with Crippen molar-refractivity contribution in [3.05, 3.63) is 23.8 Å². The summed E-state index contributed by atoms with van der Waals surface area (Å²) in [7, 11) is -3.35. The van der Waals surface area contributed by atoms with Crippen LogP contribution < -0.4 is 10.7 Å². The third-order valence-electron chi connectivity index (χ3n) is 3.05. The highest BCUT2D eigenvalue weighted by atomic mass is 32.2. The van der Waals surface area contributed by atoms with Crippen LogP contribution in [-0.2, 0) is 19.4 Å². The molecule has 2 amide bonds. The molecule has 0 aliphatic carbocycles. The summed E-state index contributed by atoms with van der Waals surface area (Å²) in [6.45, 7) is 1.76. The average Bonchev–Trinajstić information content (AvgIpc) is 2.40. The summed E-state index contributed by atoms with van der Waals surface area (Å²) in [5, 5.41) is 6.32. The second-order valence-corrected chi connectivity index (χ2v) is 6.81. The van der Waals surface area contributed by atoms with Crippen molar-refractivity contribution in [3.8, 4) is 0 Å². The molecule has 0 unspecified atom stereocenters. The van der Waals surface area contributed by atoms with Gasteiger partial charge in [0, 0.05) is 24.8 Å². The van der Waals surface area contributed by atoms with Gasteiger partial charge in [-0.1, -0.05) is 6.07 Å². The van der Waals surface area contributed by atoms with Gasteiger partial charge in [-0.05, 0) is 24.6 Å². The number of nitrogens with one attached hydrogen (secondary N) is 2. The SMILES string of the molecule is Cc1ccc(S(C)(=O)=O)cc1NC(=O)C1=NNC(=O)CC1. The van der Waals surface area contributed by atoms with Crippen LogP contribution in [0.25, 0.3) is 0 Å². The monoisotopic (exact) mass is 309 g/mol. The predicted molar refractivity (Wildman–Crippen MR) is 77.7 cm³/mol. The Morgan fingerprint density at radius 1 is 1.33 bits per heavy atom. The highest BCUT2D eigenvalue weighted by Crippen LogP contribution is 2.20. The van der Waals surface area contributed by atoms with E-state index in [1.165, 1.54) is 12.1 Å². The molecular formula is C13H15N3O4S. The number of hydrazone groups is 1. The molecule has 1 aromatic rings. The number of aryl methyl sites for hydroxylation is 1. The number of anilines is 1. The molecule has 1 aliphatic heterocycles. The molecule has 1 aliphatic rings. The zero-order valence-electron chi connectivity index (χ0n) is 11.6. The summed E-state index contributed by atoms with van der Waals surface area (Å²) in [6.07, 6.45) is 1.56. The van der Waals surface area contributed by atoms with E-state index in [1.807, 2.05) is 0 Å². The fourth-order valence-corrected chi connectivity index (χ4v) is 2.45. The van der Waals surface area contributed by atoms with E-state index in [0.717, 1.165) is 11.8 Å². The number of amides is 2. The summed E-state index contributed by atoms with van der Waals surface area (Å²) >= 11 is 0. The summed E-state index contributed by atoms with van der Waals surface area (Å²) in [5.74, 6) is -0.689. The molecule has 0 saturated heterocycles. The molecule has 0 spiro atoms. The number of hydrogen-bond donors (Lipinski definition) is 2. The van der Waals surface area contributed by atoms with E-state index < -0.39 is 15.7 Å². The lowest BCUT2D eigenvalue weighted by Crippen LogP contribution is -2.32. The molecule has 21 heavy (non-hydrogen) atoms. The third kappa shape index (κ3) is 3.66. The van der Waals surface area contributed by atoms with Gasteiger partial charge >= 0.3 is 0 Å². The summed E-state index contributed by atoms with van der Waals surface area (Å²) in [4.78, 5) is 23.2. The van der Waals surface area contributed by atoms with Gasteiger partial charge < -0.3 is 5.32 Å². The largest absolute Gasteiger partial charge is 0.321 e. The summed E-state index contributed by atoms with van der Waals surface area (Å²) in [5.41, 5.74) is 3.59. The van der Waals surface area contributed by atoms with Crippen LogP contribution in [0.15, 0.2) is 28.2 Å². The fourth-order valence-electron chi connectivity index (χ4n) is 1.80. The lowest BCUT2D eigenvalue weighted by molar-refractivity contribution is -0.121. The van der Waals surface area contributed by atoms with Crippen molar-refractivity contribution in [2.75, 3.05) is 11.6 Å². The van der Waals surface area contributed by atoms with Gasteiger partial charge in [0.15, 0.2) is 9.84 Å². The van der Waals surface area contributed by atoms with Crippen LogP contribution in [0.1, 0.15) is 18.4 Å². The van der Waals surface area contributed by atoms with Crippen molar-refractivity contribution in [1.29, 1.82) is 0 Å². The molecule has 0 aromatic heterocycles. The van der Waals surface area contributed by atoms with Crippen LogP contribution in [-0.4, -0.2) is 32.2 Å². The van der Waals surface area contributed by atoms with Crippen molar-refractivity contribution in [3.63, 3.8) is 0 Å². The van der Waals surface area contributed by atoms with Gasteiger partial charge in [0.1, 0.15) is 5.71 Å². The molecule has 0 bridgehead atoms. The minimum atomic E-state index is -3.35. The first-order valence-corrected chi connectivity index (χ1v) is 8.14. The maximum atomic E-state index is 12.0. The summed E-state index contributed by atoms with van der Waals surface area (Å²) in [6, 6.07) is 4.51. The predicted octanol–water partition coefficient (Wildman–Crippen LogP) is 0.603. The minimum absolute atomic E-state index is 0.127. The van der Waals surface area contributed by atoms with Gasteiger partial charge in [-0.25, -0.2) is 13.8 Å². The van der Waals surface area contributed by atoms with Gasteiger partial charge in [0.25, 0.3) is 5.91 Å². The van der Waals surface area contributed by atoms with E-state index in [2.05, 4.69) is 15.8 Å². The first kappa shape index (κ1) is 15.2. The molecule has 0 fully saturated rings. The fraction of sp³-hybridized carbons (Fsp3) is 0.308. The first-order valence-electron chi connectivity index (χ1n) is 6.25. The van der Waals surface area contributed by atoms with Gasteiger partial charge in [0.2, 0.25) is 5.91 Å². The smallest absolute Gasteiger partial charge is 0.271 e. The Labute approximate surface area is 122 Å². The second kappa shape index (κ2) is 5.65. The van der Waals surface area contributed by atoms with E-state index in [0.29, 0.717) is 5.69 Å². The second-order valence-electron chi connectivity index (χ2n) is 4.80. The Morgan fingerprint density at radius 2 is 2.05 bits per heavy atom. The molecule has 2 rings (SSSR count). The molecule has 0 saturated carbocycles. The highest BCUT2D eigenvalue weighted by molar-refractivity contribution is 7.90. The zero-order chi connectivity index (χ0) is 15.6. The third-order valence-corrected chi connectivity index (χ3v) is 4.16. The van der Waals surface area contributed by atoms with E-state index in [4.69, 9.17) is 0 Å². The Hall–Kier alpha value is -2.22. The number of carbonyl (C=O) groups excluding carboxylic acids is 2. The number of nitrogens with zero attached hydrogens (tertiary/aromatic N) is 1. The first-order chi connectivity index (χ1) is 9.77. The zero-order valence-corrected chi connectivity index (χ0v) is 12.5. The van der Waals surface area contributed by atoms with E-state index in [1.54, 1.807) is 13.0 Å². The molecule has 2 N–H and O–H groups in total. The maximum absolute atomic E-state index is 12.0. The van der Waals surface area contributed by atoms with Crippen LogP contribution in [0.5, 0.6) is 0 Å². The molecule has 112 valence electrons. The number of benzene rings is 1. The van der Waals surface area contributed by atoms with Crippen LogP contribution in [0.3, 0.4) is 0 Å². The number of sulfone groups is 1. The molecular weight excluding hydrogens is 294 g/mol. The molecule has 1 aromatic carbocycles.